The van der Waals surface area contributed by atoms with Crippen LogP contribution < -0.4 is 9.47 Å². The lowest BCUT2D eigenvalue weighted by atomic mass is 10.3. The maximum absolute atomic E-state index is 12.3. The second-order valence-electron chi connectivity index (χ2n) is 4.32. The van der Waals surface area contributed by atoms with E-state index in [0.717, 1.165) is 4.47 Å². The molecule has 0 aliphatic carbocycles. The van der Waals surface area contributed by atoms with Crippen LogP contribution in [0, 0.1) is 0 Å². The molecule has 21 heavy (non-hydrogen) atoms. The molecule has 7 heteroatoms. The zero-order valence-electron chi connectivity index (χ0n) is 10.8. The van der Waals surface area contributed by atoms with Crippen molar-refractivity contribution in [1.82, 2.24) is 0 Å². The molecule has 1 aliphatic heterocycles. The molecule has 0 saturated heterocycles. The van der Waals surface area contributed by atoms with Crippen LogP contribution in [-0.2, 0) is 10.8 Å². The zero-order chi connectivity index (χ0) is 14.8. The van der Waals surface area contributed by atoms with Gasteiger partial charge in [0.25, 0.3) is 0 Å². The lowest BCUT2D eigenvalue weighted by molar-refractivity contribution is 0.102. The summed E-state index contributed by atoms with van der Waals surface area (Å²) >= 11 is 4.66. The van der Waals surface area contributed by atoms with Crippen molar-refractivity contribution in [2.24, 2.45) is 0 Å². The summed E-state index contributed by atoms with van der Waals surface area (Å²) in [6.07, 6.45) is 0. The van der Waals surface area contributed by atoms with E-state index in [0.29, 0.717) is 34.5 Å². The van der Waals surface area contributed by atoms with Crippen molar-refractivity contribution >= 4 is 43.8 Å². The molecule has 0 saturated carbocycles. The first kappa shape index (κ1) is 14.7. The number of ketones is 1. The quantitative estimate of drug-likeness (QED) is 0.756. The van der Waals surface area contributed by atoms with E-state index in [4.69, 9.17) is 9.47 Å². The van der Waals surface area contributed by atoms with E-state index in [-0.39, 0.29) is 11.5 Å². The van der Waals surface area contributed by atoms with Gasteiger partial charge >= 0.3 is 0 Å². The molecule has 0 bridgehead atoms. The third-order valence-electron chi connectivity index (χ3n) is 2.91. The van der Waals surface area contributed by atoms with Crippen LogP contribution in [0.4, 0.5) is 0 Å². The summed E-state index contributed by atoms with van der Waals surface area (Å²) in [4.78, 5) is 13.3. The number of hydrogen-bond acceptors (Lipinski definition) is 5. The lowest BCUT2D eigenvalue weighted by Crippen LogP contribution is -2.16. The van der Waals surface area contributed by atoms with Gasteiger partial charge in [-0.25, -0.2) is 0 Å². The molecule has 1 unspecified atom stereocenters. The van der Waals surface area contributed by atoms with Crippen LogP contribution in [0.15, 0.2) is 39.0 Å². The number of benzene rings is 1. The first-order chi connectivity index (χ1) is 10.1. The van der Waals surface area contributed by atoms with E-state index >= 15 is 0 Å². The van der Waals surface area contributed by atoms with Crippen LogP contribution >= 0.6 is 27.3 Å². The van der Waals surface area contributed by atoms with Gasteiger partial charge in [-0.2, -0.15) is 0 Å². The number of Topliss-reactive ketones (excluding diaryl/α,β-unsaturated/α-hetero) is 1. The Morgan fingerprint density at radius 2 is 2.00 bits per heavy atom. The second kappa shape index (κ2) is 6.29. The number of thiophene rings is 1. The average molecular weight is 387 g/mol. The fraction of sp³-hybridized carbons (Fsp3) is 0.214. The molecule has 1 aromatic carbocycles. The van der Waals surface area contributed by atoms with Gasteiger partial charge in [0.1, 0.15) is 13.2 Å². The Hall–Kier alpha value is -1.18. The van der Waals surface area contributed by atoms with Crippen LogP contribution in [0.1, 0.15) is 9.67 Å². The first-order valence-corrected chi connectivity index (χ1v) is 9.18. The smallest absolute Gasteiger partial charge is 0.186 e. The zero-order valence-corrected chi connectivity index (χ0v) is 14.1. The predicted octanol–water partition coefficient (Wildman–Crippen LogP) is 3.27. The van der Waals surface area contributed by atoms with Gasteiger partial charge in [0.15, 0.2) is 17.3 Å². The first-order valence-electron chi connectivity index (χ1n) is 6.19. The number of hydrogen-bond donors (Lipinski definition) is 0. The highest BCUT2D eigenvalue weighted by molar-refractivity contribution is 9.10. The molecule has 1 aliphatic rings. The Morgan fingerprint density at radius 3 is 2.71 bits per heavy atom. The Labute approximate surface area is 136 Å². The van der Waals surface area contributed by atoms with Crippen LogP contribution in [0.5, 0.6) is 11.5 Å². The van der Waals surface area contributed by atoms with Crippen LogP contribution in [0.2, 0.25) is 0 Å². The molecule has 110 valence electrons. The fourth-order valence-electron chi connectivity index (χ4n) is 1.93. The van der Waals surface area contributed by atoms with Crippen molar-refractivity contribution in [2.45, 2.75) is 4.90 Å². The SMILES string of the molecule is O=C(CS(=O)c1ccc2c(c1)OCCO2)c1sccc1Br. The second-order valence-corrected chi connectivity index (χ2v) is 7.54. The summed E-state index contributed by atoms with van der Waals surface area (Å²) < 4.78 is 24.0. The molecular weight excluding hydrogens is 376 g/mol. The Kier molecular flexibility index (Phi) is 4.42. The third-order valence-corrected chi connectivity index (χ3v) is 6.09. The number of carbonyl (C=O) groups excluding carboxylic acids is 1. The van der Waals surface area contributed by atoms with Gasteiger partial charge in [-0.05, 0) is 39.5 Å². The highest BCUT2D eigenvalue weighted by atomic mass is 79.9. The van der Waals surface area contributed by atoms with Crippen molar-refractivity contribution < 1.29 is 18.5 Å². The van der Waals surface area contributed by atoms with E-state index in [9.17, 15) is 9.00 Å². The topological polar surface area (TPSA) is 52.6 Å². The van der Waals surface area contributed by atoms with E-state index in [2.05, 4.69) is 15.9 Å². The van der Waals surface area contributed by atoms with Crippen molar-refractivity contribution in [3.05, 3.63) is 39.0 Å². The number of carbonyl (C=O) groups is 1. The standard InChI is InChI=1S/C14H11BrO4S2/c15-10-3-6-20-14(10)11(16)8-21(17)9-1-2-12-13(7-9)19-5-4-18-12/h1-3,6-7H,4-5,8H2. The maximum Gasteiger partial charge on any atom is 0.186 e. The minimum absolute atomic E-state index is 0.0429. The highest BCUT2D eigenvalue weighted by Crippen LogP contribution is 2.32. The van der Waals surface area contributed by atoms with Gasteiger partial charge in [-0.3, -0.25) is 9.00 Å². The molecule has 1 atom stereocenters. The van der Waals surface area contributed by atoms with E-state index in [1.54, 1.807) is 18.2 Å². The minimum Gasteiger partial charge on any atom is -0.486 e. The van der Waals surface area contributed by atoms with Gasteiger partial charge in [0.05, 0.1) is 21.4 Å². The minimum atomic E-state index is -1.40. The number of ether oxygens (including phenoxy) is 2. The summed E-state index contributed by atoms with van der Waals surface area (Å²) in [5.41, 5.74) is 0. The van der Waals surface area contributed by atoms with Crippen LogP contribution in [0.25, 0.3) is 0 Å². The van der Waals surface area contributed by atoms with E-state index in [1.807, 2.05) is 11.4 Å². The van der Waals surface area contributed by atoms with Crippen molar-refractivity contribution in [3.8, 4) is 11.5 Å². The van der Waals surface area contributed by atoms with Crippen molar-refractivity contribution in [1.29, 1.82) is 0 Å². The molecular formula is C14H11BrO4S2. The molecule has 0 fully saturated rings. The highest BCUT2D eigenvalue weighted by Gasteiger charge is 2.18. The predicted molar refractivity (Wildman–Crippen MR) is 85.1 cm³/mol. The Balaban J connectivity index is 1.76. The molecule has 0 amide bonds. The third kappa shape index (κ3) is 3.20. The molecule has 2 heterocycles. The average Bonchev–Trinajstić information content (AvgIpc) is 2.93. The summed E-state index contributed by atoms with van der Waals surface area (Å²) in [5, 5.41) is 1.82. The molecule has 1 aromatic heterocycles. The molecule has 0 spiro atoms. The van der Waals surface area contributed by atoms with Gasteiger partial charge < -0.3 is 9.47 Å². The number of halogens is 1. The lowest BCUT2D eigenvalue weighted by Gasteiger charge is -2.18. The van der Waals surface area contributed by atoms with Crippen molar-refractivity contribution in [2.75, 3.05) is 19.0 Å². The van der Waals surface area contributed by atoms with Crippen molar-refractivity contribution in [3.63, 3.8) is 0 Å². The summed E-state index contributed by atoms with van der Waals surface area (Å²) in [6, 6.07) is 6.93. The normalized spacial score (nSPS) is 14.7. The Bertz CT molecular complexity index is 711. The molecule has 0 radical (unpaired) electrons. The summed E-state index contributed by atoms with van der Waals surface area (Å²) in [6.45, 7) is 0.991. The molecule has 3 rings (SSSR count). The Morgan fingerprint density at radius 1 is 1.24 bits per heavy atom. The summed E-state index contributed by atoms with van der Waals surface area (Å²) in [5.74, 6) is 1.05. The van der Waals surface area contributed by atoms with Gasteiger partial charge in [0, 0.05) is 15.4 Å². The van der Waals surface area contributed by atoms with E-state index in [1.165, 1.54) is 11.3 Å². The van der Waals surface area contributed by atoms with Gasteiger partial charge in [-0.15, -0.1) is 11.3 Å². The number of fused-ring (bicyclic) bond motifs is 1. The molecule has 4 nitrogen and oxygen atoms in total. The fourth-order valence-corrected chi connectivity index (χ4v) is 4.56. The number of rotatable bonds is 4. The van der Waals surface area contributed by atoms with Gasteiger partial charge in [0.2, 0.25) is 0 Å². The monoisotopic (exact) mass is 386 g/mol. The molecule has 2 aromatic rings. The van der Waals surface area contributed by atoms with Crippen LogP contribution in [0.3, 0.4) is 0 Å². The van der Waals surface area contributed by atoms with Crippen LogP contribution in [-0.4, -0.2) is 29.0 Å². The molecule has 0 N–H and O–H groups in total. The van der Waals surface area contributed by atoms with Gasteiger partial charge in [-0.1, -0.05) is 0 Å². The maximum atomic E-state index is 12.3. The largest absolute Gasteiger partial charge is 0.486 e. The van der Waals surface area contributed by atoms with E-state index < -0.39 is 10.8 Å². The summed E-state index contributed by atoms with van der Waals surface area (Å²) in [7, 11) is -1.40.